The van der Waals surface area contributed by atoms with Gasteiger partial charge in [-0.05, 0) is 48.5 Å². The first-order chi connectivity index (χ1) is 12.9. The van der Waals surface area contributed by atoms with E-state index in [9.17, 15) is 4.79 Å². The van der Waals surface area contributed by atoms with Crippen LogP contribution in [0.15, 0.2) is 47.4 Å². The zero-order chi connectivity index (χ0) is 19.6. The average Bonchev–Trinajstić information content (AvgIpc) is 2.95. The van der Waals surface area contributed by atoms with Crippen molar-refractivity contribution < 1.29 is 14.3 Å². The van der Waals surface area contributed by atoms with Gasteiger partial charge in [-0.2, -0.15) is 0 Å². The van der Waals surface area contributed by atoms with Crippen molar-refractivity contribution in [2.75, 3.05) is 38.1 Å². The summed E-state index contributed by atoms with van der Waals surface area (Å²) in [5.41, 5.74) is 2.57. The lowest BCUT2D eigenvalue weighted by atomic mass is 10.1. The van der Waals surface area contributed by atoms with E-state index >= 15 is 0 Å². The summed E-state index contributed by atoms with van der Waals surface area (Å²) >= 11 is 6.72. The summed E-state index contributed by atoms with van der Waals surface area (Å²) in [5.74, 6) is 1.21. The highest BCUT2D eigenvalue weighted by atomic mass is 32.2. The van der Waals surface area contributed by atoms with Gasteiger partial charge in [-0.1, -0.05) is 24.0 Å². The van der Waals surface area contributed by atoms with Crippen LogP contribution in [-0.2, 0) is 4.79 Å². The third-order valence-electron chi connectivity index (χ3n) is 4.14. The number of anilines is 2. The van der Waals surface area contributed by atoms with Crippen LogP contribution in [0.3, 0.4) is 0 Å². The van der Waals surface area contributed by atoms with Crippen LogP contribution in [0.5, 0.6) is 11.5 Å². The molecule has 0 spiro atoms. The molecule has 1 heterocycles. The Morgan fingerprint density at radius 2 is 1.78 bits per heavy atom. The van der Waals surface area contributed by atoms with Crippen molar-refractivity contribution in [2.24, 2.45) is 0 Å². The van der Waals surface area contributed by atoms with Crippen LogP contribution in [0.2, 0.25) is 0 Å². The number of hydrogen-bond acceptors (Lipinski definition) is 6. The topological polar surface area (TPSA) is 42.0 Å². The van der Waals surface area contributed by atoms with Crippen molar-refractivity contribution in [1.82, 2.24) is 0 Å². The Bertz CT molecular complexity index is 908. The van der Waals surface area contributed by atoms with Crippen LogP contribution in [-0.4, -0.2) is 38.5 Å². The number of carbonyl (C=O) groups excluding carboxylic acids is 1. The molecule has 7 heteroatoms. The van der Waals surface area contributed by atoms with Crippen LogP contribution in [0.4, 0.5) is 11.4 Å². The molecule has 3 rings (SSSR count). The SMILES string of the molecule is COc1ccc(OC)c(/C=C2/SC(=S)N(c3ccc(N(C)C)cc3)C2=O)c1. The normalized spacial score (nSPS) is 15.4. The molecule has 1 aliphatic rings. The van der Waals surface area contributed by atoms with Crippen molar-refractivity contribution in [2.45, 2.75) is 0 Å². The number of methoxy groups -OCH3 is 2. The molecule has 0 N–H and O–H groups in total. The molecule has 2 aromatic rings. The molecule has 1 fully saturated rings. The lowest BCUT2D eigenvalue weighted by Gasteiger charge is -2.17. The molecule has 0 aromatic heterocycles. The molecule has 2 aromatic carbocycles. The lowest BCUT2D eigenvalue weighted by Crippen LogP contribution is -2.27. The van der Waals surface area contributed by atoms with Gasteiger partial charge in [0, 0.05) is 25.3 Å². The maximum absolute atomic E-state index is 13.0. The Hall–Kier alpha value is -2.51. The molecule has 1 amide bonds. The molecular weight excluding hydrogens is 380 g/mol. The maximum Gasteiger partial charge on any atom is 0.270 e. The van der Waals surface area contributed by atoms with E-state index < -0.39 is 0 Å². The van der Waals surface area contributed by atoms with Crippen molar-refractivity contribution in [3.05, 3.63) is 52.9 Å². The molecule has 0 bridgehead atoms. The number of amides is 1. The first-order valence-corrected chi connectivity index (χ1v) is 9.44. The molecule has 5 nitrogen and oxygen atoms in total. The van der Waals surface area contributed by atoms with E-state index in [1.54, 1.807) is 25.2 Å². The molecule has 0 aliphatic carbocycles. The number of thiocarbonyl (C=S) groups is 1. The van der Waals surface area contributed by atoms with Gasteiger partial charge in [0.15, 0.2) is 4.32 Å². The lowest BCUT2D eigenvalue weighted by molar-refractivity contribution is -0.113. The standard InChI is InChI=1S/C20H20N2O3S2/c1-21(2)14-5-7-15(8-6-14)22-19(23)18(27-20(22)26)12-13-11-16(24-3)9-10-17(13)25-4/h5-12H,1-4H3/b18-12+. The number of ether oxygens (including phenoxy) is 2. The van der Waals surface area contributed by atoms with Gasteiger partial charge < -0.3 is 14.4 Å². The molecule has 0 atom stereocenters. The predicted octanol–water partition coefficient (Wildman–Crippen LogP) is 4.18. The molecule has 27 heavy (non-hydrogen) atoms. The molecule has 0 saturated carbocycles. The third kappa shape index (κ3) is 3.94. The van der Waals surface area contributed by atoms with E-state index in [1.807, 2.05) is 61.5 Å². The second-order valence-electron chi connectivity index (χ2n) is 6.04. The van der Waals surface area contributed by atoms with Gasteiger partial charge in [-0.25, -0.2) is 0 Å². The summed E-state index contributed by atoms with van der Waals surface area (Å²) in [7, 11) is 7.14. The first kappa shape index (κ1) is 19.3. The van der Waals surface area contributed by atoms with Crippen molar-refractivity contribution >= 4 is 51.7 Å². The average molecular weight is 401 g/mol. The summed E-state index contributed by atoms with van der Waals surface area (Å²) in [6, 6.07) is 13.2. The van der Waals surface area contributed by atoms with Gasteiger partial charge >= 0.3 is 0 Å². The summed E-state index contributed by atoms with van der Waals surface area (Å²) in [4.78, 5) is 17.1. The number of benzene rings is 2. The van der Waals surface area contributed by atoms with Gasteiger partial charge in [0.2, 0.25) is 0 Å². The van der Waals surface area contributed by atoms with Crippen molar-refractivity contribution in [3.8, 4) is 11.5 Å². The molecule has 140 valence electrons. The van der Waals surface area contributed by atoms with E-state index in [4.69, 9.17) is 21.7 Å². The molecular formula is C20H20N2O3S2. The minimum atomic E-state index is -0.146. The molecule has 0 unspecified atom stereocenters. The fourth-order valence-corrected chi connectivity index (χ4v) is 3.97. The minimum absolute atomic E-state index is 0.146. The molecule has 1 aliphatic heterocycles. The second-order valence-corrected chi connectivity index (χ2v) is 7.71. The summed E-state index contributed by atoms with van der Waals surface area (Å²) < 4.78 is 11.2. The van der Waals surface area contributed by atoms with E-state index in [2.05, 4.69) is 0 Å². The van der Waals surface area contributed by atoms with Crippen LogP contribution < -0.4 is 19.3 Å². The Morgan fingerprint density at radius 1 is 1.07 bits per heavy atom. The quantitative estimate of drug-likeness (QED) is 0.554. The van der Waals surface area contributed by atoms with E-state index in [0.717, 1.165) is 16.9 Å². The van der Waals surface area contributed by atoms with Crippen LogP contribution >= 0.6 is 24.0 Å². The van der Waals surface area contributed by atoms with Gasteiger partial charge in [0.1, 0.15) is 11.5 Å². The zero-order valence-corrected chi connectivity index (χ0v) is 17.2. The Morgan fingerprint density at radius 3 is 2.37 bits per heavy atom. The molecule has 0 radical (unpaired) electrons. The highest BCUT2D eigenvalue weighted by Crippen LogP contribution is 2.38. The fourth-order valence-electron chi connectivity index (χ4n) is 2.68. The van der Waals surface area contributed by atoms with E-state index in [1.165, 1.54) is 11.8 Å². The number of carbonyl (C=O) groups is 1. The van der Waals surface area contributed by atoms with Gasteiger partial charge in [-0.3, -0.25) is 9.69 Å². The van der Waals surface area contributed by atoms with Gasteiger partial charge in [0.05, 0.1) is 24.8 Å². The Balaban J connectivity index is 1.93. The van der Waals surface area contributed by atoms with E-state index in [0.29, 0.717) is 20.7 Å². The number of thioether (sulfide) groups is 1. The smallest absolute Gasteiger partial charge is 0.270 e. The molecule has 1 saturated heterocycles. The largest absolute Gasteiger partial charge is 0.497 e. The predicted molar refractivity (Wildman–Crippen MR) is 116 cm³/mol. The Kier molecular flexibility index (Phi) is 5.72. The number of hydrogen-bond donors (Lipinski definition) is 0. The second kappa shape index (κ2) is 8.02. The number of nitrogens with zero attached hydrogens (tertiary/aromatic N) is 2. The van der Waals surface area contributed by atoms with Crippen molar-refractivity contribution in [3.63, 3.8) is 0 Å². The van der Waals surface area contributed by atoms with Crippen molar-refractivity contribution in [1.29, 1.82) is 0 Å². The van der Waals surface area contributed by atoms with Gasteiger partial charge in [-0.15, -0.1) is 0 Å². The first-order valence-electron chi connectivity index (χ1n) is 8.22. The maximum atomic E-state index is 13.0. The monoisotopic (exact) mass is 400 g/mol. The van der Waals surface area contributed by atoms with Crippen LogP contribution in [0, 0.1) is 0 Å². The zero-order valence-electron chi connectivity index (χ0n) is 15.6. The summed E-state index contributed by atoms with van der Waals surface area (Å²) in [6.07, 6.45) is 1.79. The van der Waals surface area contributed by atoms with Gasteiger partial charge in [0.25, 0.3) is 5.91 Å². The van der Waals surface area contributed by atoms with Crippen LogP contribution in [0.25, 0.3) is 6.08 Å². The fraction of sp³-hybridized carbons (Fsp3) is 0.200. The number of rotatable bonds is 5. The van der Waals surface area contributed by atoms with Crippen LogP contribution in [0.1, 0.15) is 5.56 Å². The summed E-state index contributed by atoms with van der Waals surface area (Å²) in [6.45, 7) is 0. The third-order valence-corrected chi connectivity index (χ3v) is 5.44. The highest BCUT2D eigenvalue weighted by Gasteiger charge is 2.33. The van der Waals surface area contributed by atoms with E-state index in [-0.39, 0.29) is 5.91 Å². The minimum Gasteiger partial charge on any atom is -0.497 e. The Labute approximate surface area is 168 Å². The summed E-state index contributed by atoms with van der Waals surface area (Å²) in [5, 5.41) is 0. The highest BCUT2D eigenvalue weighted by molar-refractivity contribution is 8.27.